The highest BCUT2D eigenvalue weighted by atomic mass is 16.1. The van der Waals surface area contributed by atoms with E-state index in [0.29, 0.717) is 5.78 Å². The first-order valence-electron chi connectivity index (χ1n) is 7.37. The normalized spacial score (nSPS) is 22.6. The van der Waals surface area contributed by atoms with E-state index >= 15 is 0 Å². The minimum atomic E-state index is -0.0217. The molecule has 0 fully saturated rings. The highest BCUT2D eigenvalue weighted by Crippen LogP contribution is 2.45. The molecule has 1 aliphatic carbocycles. The lowest BCUT2D eigenvalue weighted by Crippen LogP contribution is -2.33. The third kappa shape index (κ3) is 3.24. The zero-order valence-electron chi connectivity index (χ0n) is 13.3. The van der Waals surface area contributed by atoms with Gasteiger partial charge in [-0.15, -0.1) is 0 Å². The molecule has 0 saturated carbocycles. The lowest BCUT2D eigenvalue weighted by Gasteiger charge is -2.38. The molecule has 0 spiro atoms. The molecule has 18 heavy (non-hydrogen) atoms. The average Bonchev–Trinajstić information content (AvgIpc) is 2.17. The van der Waals surface area contributed by atoms with Crippen molar-refractivity contribution in [3.63, 3.8) is 0 Å². The molecule has 1 heteroatoms. The summed E-state index contributed by atoms with van der Waals surface area (Å²) in [6, 6.07) is 0. The summed E-state index contributed by atoms with van der Waals surface area (Å²) in [5.41, 5.74) is 2.62. The van der Waals surface area contributed by atoms with Crippen LogP contribution < -0.4 is 0 Å². The highest BCUT2D eigenvalue weighted by molar-refractivity contribution is 6.00. The van der Waals surface area contributed by atoms with Gasteiger partial charge in [-0.2, -0.15) is 0 Å². The van der Waals surface area contributed by atoms with Gasteiger partial charge < -0.3 is 0 Å². The van der Waals surface area contributed by atoms with Crippen molar-refractivity contribution in [2.45, 2.75) is 74.1 Å². The summed E-state index contributed by atoms with van der Waals surface area (Å²) in [5.74, 6) is 0.704. The molecular formula is C17H30O. The monoisotopic (exact) mass is 250 g/mol. The lowest BCUT2D eigenvalue weighted by molar-refractivity contribution is -0.121. The number of Topliss-reactive ketones (excluding diaryl/α,β-unsaturated/α-hetero) is 1. The maximum atomic E-state index is 12.8. The van der Waals surface area contributed by atoms with Crippen LogP contribution in [0.1, 0.15) is 74.1 Å². The summed E-state index contributed by atoms with van der Waals surface area (Å²) >= 11 is 0. The fourth-order valence-electron chi connectivity index (χ4n) is 3.12. The van der Waals surface area contributed by atoms with Crippen LogP contribution in [0.15, 0.2) is 11.1 Å². The molecule has 0 saturated heterocycles. The van der Waals surface area contributed by atoms with Crippen LogP contribution in [0, 0.1) is 16.7 Å². The fourth-order valence-corrected chi connectivity index (χ4v) is 3.12. The molecule has 0 aromatic carbocycles. The van der Waals surface area contributed by atoms with Crippen molar-refractivity contribution < 1.29 is 4.79 Å². The zero-order chi connectivity index (χ0) is 14.1. The predicted octanol–water partition coefficient (Wildman–Crippen LogP) is 5.15. The first-order valence-corrected chi connectivity index (χ1v) is 7.37. The standard InChI is InChI=1S/C17H30O/c1-8-9-12-10-11-13(16(2,3)4)14(15(12)18)17(5,6)7/h12H,8-11H2,1-7H3. The molecule has 104 valence electrons. The van der Waals surface area contributed by atoms with E-state index < -0.39 is 0 Å². The summed E-state index contributed by atoms with van der Waals surface area (Å²) < 4.78 is 0. The van der Waals surface area contributed by atoms with Crippen molar-refractivity contribution >= 4 is 5.78 Å². The molecule has 0 radical (unpaired) electrons. The molecule has 1 unspecified atom stereocenters. The molecule has 0 heterocycles. The van der Waals surface area contributed by atoms with Crippen molar-refractivity contribution in [1.29, 1.82) is 0 Å². The Bertz CT molecular complexity index is 347. The first kappa shape index (κ1) is 15.5. The van der Waals surface area contributed by atoms with Gasteiger partial charge in [0, 0.05) is 11.5 Å². The van der Waals surface area contributed by atoms with E-state index in [1.54, 1.807) is 0 Å². The molecular weight excluding hydrogens is 220 g/mol. The molecule has 1 nitrogen and oxygen atoms in total. The van der Waals surface area contributed by atoms with Gasteiger partial charge in [0.15, 0.2) is 5.78 Å². The van der Waals surface area contributed by atoms with Gasteiger partial charge in [-0.25, -0.2) is 0 Å². The Morgan fingerprint density at radius 2 is 1.61 bits per heavy atom. The Morgan fingerprint density at radius 3 is 2.00 bits per heavy atom. The first-order chi connectivity index (χ1) is 8.09. The topological polar surface area (TPSA) is 17.1 Å². The molecule has 1 rings (SSSR count). The van der Waals surface area contributed by atoms with E-state index in [1.807, 2.05) is 0 Å². The quantitative estimate of drug-likeness (QED) is 0.662. The molecule has 0 aliphatic heterocycles. The molecule has 0 aromatic rings. The van der Waals surface area contributed by atoms with Crippen LogP contribution in [0.3, 0.4) is 0 Å². The Morgan fingerprint density at radius 1 is 1.06 bits per heavy atom. The van der Waals surface area contributed by atoms with Crippen LogP contribution in [0.25, 0.3) is 0 Å². The number of hydrogen-bond donors (Lipinski definition) is 0. The van der Waals surface area contributed by atoms with Crippen molar-refractivity contribution in [1.82, 2.24) is 0 Å². The molecule has 0 amide bonds. The molecule has 0 N–H and O–H groups in total. The van der Waals surface area contributed by atoms with Crippen LogP contribution in [0.5, 0.6) is 0 Å². The van der Waals surface area contributed by atoms with Gasteiger partial charge in [0.05, 0.1) is 0 Å². The number of rotatable bonds is 2. The van der Waals surface area contributed by atoms with Gasteiger partial charge in [0.1, 0.15) is 0 Å². The number of carbonyl (C=O) groups excluding carboxylic acids is 1. The van der Waals surface area contributed by atoms with Gasteiger partial charge >= 0.3 is 0 Å². The molecule has 0 aromatic heterocycles. The molecule has 1 aliphatic rings. The Labute approximate surface area is 113 Å². The number of carbonyl (C=O) groups is 1. The van der Waals surface area contributed by atoms with E-state index in [1.165, 1.54) is 5.57 Å². The van der Waals surface area contributed by atoms with E-state index in [-0.39, 0.29) is 16.7 Å². The van der Waals surface area contributed by atoms with Gasteiger partial charge in [-0.05, 0) is 30.1 Å². The van der Waals surface area contributed by atoms with E-state index in [4.69, 9.17) is 0 Å². The van der Waals surface area contributed by atoms with Crippen molar-refractivity contribution in [3.05, 3.63) is 11.1 Å². The minimum absolute atomic E-state index is 0.0217. The smallest absolute Gasteiger partial charge is 0.162 e. The molecule has 0 bridgehead atoms. The minimum Gasteiger partial charge on any atom is -0.294 e. The third-order valence-corrected chi connectivity index (χ3v) is 3.95. The summed E-state index contributed by atoms with van der Waals surface area (Å²) in [4.78, 5) is 12.8. The van der Waals surface area contributed by atoms with Crippen LogP contribution >= 0.6 is 0 Å². The second kappa shape index (κ2) is 5.19. The summed E-state index contributed by atoms with van der Waals surface area (Å²) in [7, 11) is 0. The Hall–Kier alpha value is -0.590. The van der Waals surface area contributed by atoms with Crippen LogP contribution in [0.4, 0.5) is 0 Å². The zero-order valence-corrected chi connectivity index (χ0v) is 13.3. The summed E-state index contributed by atoms with van der Waals surface area (Å²) in [6.45, 7) is 15.4. The number of hydrogen-bond acceptors (Lipinski definition) is 1. The highest BCUT2D eigenvalue weighted by Gasteiger charge is 2.38. The van der Waals surface area contributed by atoms with Crippen molar-refractivity contribution in [3.8, 4) is 0 Å². The predicted molar refractivity (Wildman–Crippen MR) is 78.6 cm³/mol. The van der Waals surface area contributed by atoms with E-state index in [9.17, 15) is 4.79 Å². The largest absolute Gasteiger partial charge is 0.294 e. The maximum Gasteiger partial charge on any atom is 0.162 e. The van der Waals surface area contributed by atoms with Gasteiger partial charge in [-0.3, -0.25) is 4.79 Å². The fraction of sp³-hybridized carbons (Fsp3) is 0.824. The Balaban J connectivity index is 3.25. The summed E-state index contributed by atoms with van der Waals surface area (Å²) in [6.07, 6.45) is 4.32. The van der Waals surface area contributed by atoms with Crippen LogP contribution in [-0.4, -0.2) is 5.78 Å². The van der Waals surface area contributed by atoms with Crippen LogP contribution in [0.2, 0.25) is 0 Å². The average molecular weight is 250 g/mol. The number of allylic oxidation sites excluding steroid dienone is 2. The van der Waals surface area contributed by atoms with Crippen molar-refractivity contribution in [2.24, 2.45) is 16.7 Å². The second-order valence-corrected chi connectivity index (χ2v) is 7.74. The SMILES string of the molecule is CCCC1CCC(C(C)(C)C)=C(C(C)(C)C)C1=O. The third-order valence-electron chi connectivity index (χ3n) is 3.95. The van der Waals surface area contributed by atoms with Gasteiger partial charge in [-0.1, -0.05) is 60.5 Å². The molecule has 1 atom stereocenters. The van der Waals surface area contributed by atoms with Crippen molar-refractivity contribution in [2.75, 3.05) is 0 Å². The van der Waals surface area contributed by atoms with Gasteiger partial charge in [0.25, 0.3) is 0 Å². The maximum absolute atomic E-state index is 12.8. The number of ketones is 1. The second-order valence-electron chi connectivity index (χ2n) is 7.74. The summed E-state index contributed by atoms with van der Waals surface area (Å²) in [5, 5.41) is 0. The van der Waals surface area contributed by atoms with Crippen LogP contribution in [-0.2, 0) is 4.79 Å². The van der Waals surface area contributed by atoms with E-state index in [2.05, 4.69) is 48.5 Å². The van der Waals surface area contributed by atoms with Gasteiger partial charge in [0.2, 0.25) is 0 Å². The Kier molecular flexibility index (Phi) is 4.46. The van der Waals surface area contributed by atoms with E-state index in [0.717, 1.165) is 31.3 Å². The lowest BCUT2D eigenvalue weighted by atomic mass is 9.65.